The molecule has 0 N–H and O–H groups in total. The monoisotopic (exact) mass is 1370 g/mol. The highest BCUT2D eigenvalue weighted by Gasteiger charge is 2.33. The number of hydrogen-bond acceptors (Lipinski definition) is 6. The van der Waals surface area contributed by atoms with Crippen molar-refractivity contribution in [3.05, 3.63) is 388 Å². The molecule has 0 saturated carbocycles. The zero-order valence-electron chi connectivity index (χ0n) is 58.6. The molecule has 0 spiro atoms. The van der Waals surface area contributed by atoms with E-state index in [9.17, 15) is 0 Å². The largest absolute Gasteiger partial charge is 0.208 e. The van der Waals surface area contributed by atoms with Gasteiger partial charge in [-0.2, -0.15) is 0 Å². The zero-order valence-corrected chi connectivity index (χ0v) is 58.6. The van der Waals surface area contributed by atoms with Crippen LogP contribution in [0.5, 0.6) is 0 Å². The molecule has 0 radical (unpaired) electrons. The lowest BCUT2D eigenvalue weighted by atomic mass is 9.73. The molecule has 20 rings (SSSR count). The number of aromatic nitrogens is 6. The van der Waals surface area contributed by atoms with E-state index in [1.165, 1.54) is 54.6 Å². The summed E-state index contributed by atoms with van der Waals surface area (Å²) in [6.45, 7) is 0. The van der Waals surface area contributed by atoms with Crippen LogP contribution in [0, 0.1) is 0 Å². The first-order valence-electron chi connectivity index (χ1n) is 36.7. The van der Waals surface area contributed by atoms with Gasteiger partial charge in [-0.3, -0.25) is 0 Å². The Hall–Kier alpha value is -14.5. The molecule has 108 heavy (non-hydrogen) atoms. The topological polar surface area (TPSA) is 77.3 Å². The van der Waals surface area contributed by atoms with E-state index in [1.807, 2.05) is 72.8 Å². The third-order valence-corrected chi connectivity index (χ3v) is 21.1. The van der Waals surface area contributed by atoms with Gasteiger partial charge in [-0.05, 0) is 143 Å². The van der Waals surface area contributed by atoms with Crippen LogP contribution in [-0.2, 0) is 0 Å². The fourth-order valence-corrected chi connectivity index (χ4v) is 16.4. The number of fused-ring (bicyclic) bond motifs is 6. The van der Waals surface area contributed by atoms with Crippen LogP contribution in [0.1, 0.15) is 0 Å². The first-order valence-corrected chi connectivity index (χ1v) is 36.7. The molecular formula is C102H64N6. The molecule has 0 atom stereocenters. The molecule has 502 valence electrons. The summed E-state index contributed by atoms with van der Waals surface area (Å²) in [5.41, 5.74) is 23.3. The maximum absolute atomic E-state index is 5.26. The Morgan fingerprint density at radius 1 is 0.102 bits per heavy atom. The molecule has 0 fully saturated rings. The van der Waals surface area contributed by atoms with Gasteiger partial charge in [-0.25, -0.2) is 29.9 Å². The number of benzene rings is 18. The molecule has 0 bridgehead atoms. The van der Waals surface area contributed by atoms with Crippen LogP contribution >= 0.6 is 0 Å². The normalized spacial score (nSPS) is 11.5. The summed E-state index contributed by atoms with van der Waals surface area (Å²) in [5, 5.41) is 11.7. The Bertz CT molecular complexity index is 6210. The van der Waals surface area contributed by atoms with Crippen LogP contribution in [0.15, 0.2) is 388 Å². The summed E-state index contributed by atoms with van der Waals surface area (Å²) in [6, 6.07) is 140. The van der Waals surface area contributed by atoms with Gasteiger partial charge in [0, 0.05) is 33.4 Å². The zero-order chi connectivity index (χ0) is 71.4. The van der Waals surface area contributed by atoms with Gasteiger partial charge >= 0.3 is 0 Å². The van der Waals surface area contributed by atoms with Crippen LogP contribution in [0.2, 0.25) is 0 Å². The van der Waals surface area contributed by atoms with Gasteiger partial charge in [0.2, 0.25) is 0 Å². The lowest BCUT2D eigenvalue weighted by molar-refractivity contribution is 1.07. The van der Waals surface area contributed by atoms with E-state index in [4.69, 9.17) is 29.9 Å². The number of hydrogen-bond donors (Lipinski definition) is 0. The predicted molar refractivity (Wildman–Crippen MR) is 448 cm³/mol. The highest BCUT2D eigenvalue weighted by atomic mass is 15.0. The molecule has 0 aliphatic carbocycles. The maximum atomic E-state index is 5.26. The second-order valence-corrected chi connectivity index (χ2v) is 27.4. The molecular weight excluding hydrogens is 1310 g/mol. The Balaban J connectivity index is 0.960. The molecule has 6 heteroatoms. The molecule has 0 saturated heterocycles. The molecule has 2 aromatic heterocycles. The van der Waals surface area contributed by atoms with Gasteiger partial charge in [-0.15, -0.1) is 0 Å². The highest BCUT2D eigenvalue weighted by molar-refractivity contribution is 6.46. The van der Waals surface area contributed by atoms with Crippen LogP contribution < -0.4 is 0 Å². The van der Waals surface area contributed by atoms with Crippen molar-refractivity contribution in [2.24, 2.45) is 0 Å². The summed E-state index contributed by atoms with van der Waals surface area (Å²) in [4.78, 5) is 31.3. The minimum atomic E-state index is 0.583. The SMILES string of the molecule is c1ccc(-c2nc(-c3ccccc3)nc(-c3ccc(-c4c(-c5ccccc5)c(-c5ccccc5)c(-c5ccc(-c6nc(-c7ccccc7)nc(-c7ccccc7)n6)cc5)c5c6cccc7c8c(-c9ccccc9)c(-c9ccccc9)c(-c9ccccc9)c(-c9ccccc9)c8c8cccc(c45)c8c76)cc3)n2)cc1. The minimum absolute atomic E-state index is 0.583. The highest BCUT2D eigenvalue weighted by Crippen LogP contribution is 2.60. The van der Waals surface area contributed by atoms with Gasteiger partial charge < -0.3 is 0 Å². The Morgan fingerprint density at radius 3 is 0.426 bits per heavy atom. The van der Waals surface area contributed by atoms with Crippen LogP contribution in [0.25, 0.3) is 211 Å². The fraction of sp³-hybridized carbons (Fsp3) is 0. The van der Waals surface area contributed by atoms with Gasteiger partial charge in [0.25, 0.3) is 0 Å². The van der Waals surface area contributed by atoms with Crippen molar-refractivity contribution in [2.45, 2.75) is 0 Å². The van der Waals surface area contributed by atoms with E-state index >= 15 is 0 Å². The molecule has 0 unspecified atom stereocenters. The summed E-state index contributed by atoms with van der Waals surface area (Å²) < 4.78 is 0. The second kappa shape index (κ2) is 27.0. The average molecular weight is 1370 g/mol. The summed E-state index contributed by atoms with van der Waals surface area (Å²) >= 11 is 0. The Morgan fingerprint density at radius 2 is 0.241 bits per heavy atom. The van der Waals surface area contributed by atoms with Crippen molar-refractivity contribution >= 4 is 53.9 Å². The Kier molecular flexibility index (Phi) is 15.8. The van der Waals surface area contributed by atoms with Crippen molar-refractivity contribution < 1.29 is 0 Å². The Labute approximate surface area is 625 Å². The lowest BCUT2D eigenvalue weighted by Crippen LogP contribution is -2.02. The van der Waals surface area contributed by atoms with Crippen LogP contribution in [0.4, 0.5) is 0 Å². The van der Waals surface area contributed by atoms with Gasteiger partial charge in [0.05, 0.1) is 0 Å². The van der Waals surface area contributed by atoms with Gasteiger partial charge in [0.15, 0.2) is 34.9 Å². The van der Waals surface area contributed by atoms with Crippen molar-refractivity contribution in [1.29, 1.82) is 0 Å². The summed E-state index contributed by atoms with van der Waals surface area (Å²) in [5.74, 6) is 3.59. The smallest absolute Gasteiger partial charge is 0.164 e. The molecule has 6 nitrogen and oxygen atoms in total. The quantitative estimate of drug-likeness (QED) is 0.0797. The van der Waals surface area contributed by atoms with Crippen LogP contribution in [0.3, 0.4) is 0 Å². The molecule has 18 aromatic carbocycles. The van der Waals surface area contributed by atoms with E-state index < -0.39 is 0 Å². The van der Waals surface area contributed by atoms with Gasteiger partial charge in [0.1, 0.15) is 0 Å². The molecule has 0 aliphatic heterocycles. The third-order valence-electron chi connectivity index (χ3n) is 21.1. The van der Waals surface area contributed by atoms with E-state index in [2.05, 4.69) is 315 Å². The average Bonchev–Trinajstić information content (AvgIpc) is 0.672. The fourth-order valence-electron chi connectivity index (χ4n) is 16.4. The number of nitrogens with zero attached hydrogens (tertiary/aromatic N) is 6. The summed E-state index contributed by atoms with van der Waals surface area (Å²) in [7, 11) is 0. The predicted octanol–water partition coefficient (Wildman–Crippen LogP) is 26.6. The first kappa shape index (κ1) is 63.2. The number of rotatable bonds is 14. The van der Waals surface area contributed by atoms with Crippen molar-refractivity contribution in [3.63, 3.8) is 0 Å². The van der Waals surface area contributed by atoms with E-state index in [0.29, 0.717) is 34.9 Å². The third kappa shape index (κ3) is 11.0. The minimum Gasteiger partial charge on any atom is -0.208 e. The van der Waals surface area contributed by atoms with E-state index in [-0.39, 0.29) is 0 Å². The van der Waals surface area contributed by atoms with Crippen LogP contribution in [-0.4, -0.2) is 29.9 Å². The van der Waals surface area contributed by atoms with E-state index in [1.54, 1.807) is 0 Å². The van der Waals surface area contributed by atoms with Gasteiger partial charge in [-0.1, -0.05) is 388 Å². The molecule has 0 aliphatic rings. The second-order valence-electron chi connectivity index (χ2n) is 27.4. The van der Waals surface area contributed by atoms with Crippen molar-refractivity contribution in [3.8, 4) is 157 Å². The molecule has 20 aromatic rings. The van der Waals surface area contributed by atoms with E-state index in [0.717, 1.165) is 122 Å². The summed E-state index contributed by atoms with van der Waals surface area (Å²) in [6.07, 6.45) is 0. The molecule has 0 amide bonds. The van der Waals surface area contributed by atoms with Crippen molar-refractivity contribution in [2.75, 3.05) is 0 Å². The molecule has 2 heterocycles. The lowest BCUT2D eigenvalue weighted by Gasteiger charge is -2.29. The first-order chi connectivity index (χ1) is 53.6. The van der Waals surface area contributed by atoms with Crippen molar-refractivity contribution in [1.82, 2.24) is 29.9 Å². The standard InChI is InChI=1S/C102H64N6/c1-11-33-65(34-12-1)83-84(66-35-13-2-14-36-66)88(70-43-21-6-22-44-70)94-80-54-32-56-82-92(80)91-79(93(94)87(83)69-41-19-5-20-42-69)53-31-55-81(91)95-89(71-57-61-77(62-58-71)101-105-97(73-45-23-7-24-46-73)103-98(106-101)74-47-25-8-26-48-74)85(67-37-15-3-16-38-67)86(68-39-17-4-18-40-68)90(96(82)95)72-59-63-78(64-60-72)102-107-99(75-49-27-9-28-50-75)104-100(108-102)76-51-29-10-30-52-76/h1-64H. The maximum Gasteiger partial charge on any atom is 0.164 e.